The molecule has 9 atom stereocenters. The van der Waals surface area contributed by atoms with Crippen molar-refractivity contribution >= 4 is 34.5 Å². The zero-order valence-electron chi connectivity index (χ0n) is 21.3. The summed E-state index contributed by atoms with van der Waals surface area (Å²) in [6, 6.07) is 0. The third-order valence-electron chi connectivity index (χ3n) is 10.6. The van der Waals surface area contributed by atoms with Gasteiger partial charge in [0.2, 0.25) is 0 Å². The van der Waals surface area contributed by atoms with Crippen molar-refractivity contribution in [2.45, 2.75) is 101 Å². The largest absolute Gasteiger partial charge is 0.466 e. The van der Waals surface area contributed by atoms with Gasteiger partial charge in [-0.1, -0.05) is 32.4 Å². The summed E-state index contributed by atoms with van der Waals surface area (Å²) in [6.45, 7) is 8.32. The van der Waals surface area contributed by atoms with Gasteiger partial charge in [0.05, 0.1) is 7.11 Å². The van der Waals surface area contributed by atoms with Gasteiger partial charge in [0.15, 0.2) is 0 Å². The minimum absolute atomic E-state index is 0.00478. The lowest BCUT2D eigenvalue weighted by atomic mass is 9.44. The molecule has 0 saturated heterocycles. The molecular weight excluding hydrogens is 548 g/mol. The Kier molecular flexibility index (Phi) is 6.98. The van der Waals surface area contributed by atoms with Crippen molar-refractivity contribution in [2.24, 2.45) is 40.2 Å². The molecule has 1 unspecified atom stereocenters. The van der Waals surface area contributed by atoms with Crippen LogP contribution in [0.15, 0.2) is 11.6 Å². The summed E-state index contributed by atoms with van der Waals surface area (Å²) in [6.07, 6.45) is 10.4. The van der Waals surface area contributed by atoms with Crippen molar-refractivity contribution < 1.29 is 23.5 Å². The second-order valence-corrected chi connectivity index (χ2v) is 13.8. The topological polar surface area (TPSA) is 78.6 Å². The van der Waals surface area contributed by atoms with Crippen molar-refractivity contribution in [3.05, 3.63) is 11.6 Å². The Labute approximate surface area is 217 Å². The Balaban J connectivity index is 1.56. The van der Waals surface area contributed by atoms with Crippen LogP contribution in [-0.2, 0) is 19.1 Å². The number of ether oxygens (including phenoxy) is 2. The molecule has 4 aliphatic carbocycles. The molecule has 0 aromatic rings. The first-order chi connectivity index (χ1) is 15.8. The minimum atomic E-state index is -2.00. The van der Waals surface area contributed by atoms with E-state index in [4.69, 9.17) is 15.2 Å². The van der Waals surface area contributed by atoms with Gasteiger partial charge >= 0.3 is 11.9 Å². The van der Waals surface area contributed by atoms with E-state index in [0.717, 1.165) is 51.4 Å². The molecule has 7 heteroatoms. The number of carbonyl (C=O) groups excluding carboxylic acids is 2. The monoisotopic (exact) mass is 589 g/mol. The summed E-state index contributed by atoms with van der Waals surface area (Å²) in [5.74, 6) is 0.256. The van der Waals surface area contributed by atoms with Crippen molar-refractivity contribution in [1.82, 2.24) is 0 Å². The Morgan fingerprint density at radius 2 is 1.94 bits per heavy atom. The van der Waals surface area contributed by atoms with Crippen LogP contribution in [-0.4, -0.2) is 34.4 Å². The maximum atomic E-state index is 15.1. The lowest BCUT2D eigenvalue weighted by Crippen LogP contribution is -2.65. The number of fused-ring (bicyclic) bond motifs is 5. The summed E-state index contributed by atoms with van der Waals surface area (Å²) in [5.41, 5.74) is 8.61. The summed E-state index contributed by atoms with van der Waals surface area (Å²) in [7, 11) is 1.24. The van der Waals surface area contributed by atoms with E-state index in [9.17, 15) is 9.59 Å². The van der Waals surface area contributed by atoms with Crippen molar-refractivity contribution in [3.63, 3.8) is 0 Å². The van der Waals surface area contributed by atoms with Crippen molar-refractivity contribution in [2.75, 3.05) is 7.11 Å². The first kappa shape index (κ1) is 26.4. The van der Waals surface area contributed by atoms with E-state index in [1.807, 2.05) is 0 Å². The number of carbonyl (C=O) groups is 2. The van der Waals surface area contributed by atoms with E-state index < -0.39 is 9.64 Å². The summed E-state index contributed by atoms with van der Waals surface area (Å²) in [4.78, 5) is 23.5. The summed E-state index contributed by atoms with van der Waals surface area (Å²) in [5, 5.41) is 0. The normalized spacial score (nSPS) is 43.9. The van der Waals surface area contributed by atoms with E-state index >= 15 is 4.39 Å². The number of nitrogens with two attached hydrogens (primary N) is 1. The fourth-order valence-corrected chi connectivity index (χ4v) is 9.68. The highest BCUT2D eigenvalue weighted by molar-refractivity contribution is 14.1. The number of allylic oxidation sites excluding steroid dienone is 1. The van der Waals surface area contributed by atoms with Crippen LogP contribution in [0.25, 0.3) is 0 Å². The van der Waals surface area contributed by atoms with Gasteiger partial charge in [-0.3, -0.25) is 4.79 Å². The molecule has 4 aliphatic rings. The van der Waals surface area contributed by atoms with E-state index in [0.29, 0.717) is 11.8 Å². The molecule has 192 valence electrons. The maximum absolute atomic E-state index is 15.1. The fourth-order valence-electron chi connectivity index (χ4n) is 8.76. The highest BCUT2D eigenvalue weighted by Gasteiger charge is 2.66. The van der Waals surface area contributed by atoms with Crippen LogP contribution in [0.3, 0.4) is 0 Å². The predicted octanol–water partition coefficient (Wildman–Crippen LogP) is 5.88. The van der Waals surface area contributed by atoms with Gasteiger partial charge in [-0.05, 0) is 102 Å². The van der Waals surface area contributed by atoms with E-state index in [2.05, 4.69) is 26.8 Å². The molecule has 0 amide bonds. The van der Waals surface area contributed by atoms with Crippen LogP contribution < -0.4 is 5.73 Å². The number of rotatable bonds is 5. The molecular formula is C27H41FINO4. The quantitative estimate of drug-likeness (QED) is 0.188. The summed E-state index contributed by atoms with van der Waals surface area (Å²) < 4.78 is 23.4. The van der Waals surface area contributed by atoms with Gasteiger partial charge in [-0.2, -0.15) is 0 Å². The second kappa shape index (κ2) is 9.00. The van der Waals surface area contributed by atoms with E-state index in [-0.39, 0.29) is 46.7 Å². The molecule has 0 aromatic carbocycles. The molecule has 0 heterocycles. The lowest BCUT2D eigenvalue weighted by Gasteiger charge is -2.62. The SMILES string of the molecule is COC(=O)C(F)(I)C[C@@H](C)[C@H]1CC[C@@]2(N)[C@@H]3CC=C4C[C@@H](OC(C)=O)CC[C@]4(C)[C@H]3CC[C@]12C. The third kappa shape index (κ3) is 4.04. The Hall–Kier alpha value is -0.700. The van der Waals surface area contributed by atoms with Gasteiger partial charge in [0, 0.05) is 25.3 Å². The molecule has 5 nitrogen and oxygen atoms in total. The third-order valence-corrected chi connectivity index (χ3v) is 11.4. The number of hydrogen-bond acceptors (Lipinski definition) is 5. The first-order valence-corrected chi connectivity index (χ1v) is 14.0. The number of esters is 2. The predicted molar refractivity (Wildman–Crippen MR) is 138 cm³/mol. The second-order valence-electron chi connectivity index (χ2n) is 12.1. The molecule has 3 saturated carbocycles. The van der Waals surface area contributed by atoms with Gasteiger partial charge < -0.3 is 15.2 Å². The van der Waals surface area contributed by atoms with Gasteiger partial charge in [-0.15, -0.1) is 0 Å². The molecule has 2 N–H and O–H groups in total. The lowest BCUT2D eigenvalue weighted by molar-refractivity contribution is -0.149. The number of alkyl halides is 2. The molecule has 0 bridgehead atoms. The van der Waals surface area contributed by atoms with E-state index in [1.165, 1.54) is 19.6 Å². The zero-order valence-corrected chi connectivity index (χ0v) is 23.5. The fraction of sp³-hybridized carbons (Fsp3) is 0.852. The standard InChI is InChI=1S/C27H41FINO4/c1-16(15-27(28,29)23(32)33-5)20-10-13-26(30)22-7-6-18-14-19(34-17(2)31)8-11-24(18,3)21(22)9-12-25(20,26)4/h6,16,19-22H,7-15,30H2,1-5H3/t16-,19+,20-,21+,22-,24+,25-,26-,27?/m1/s1. The molecule has 0 radical (unpaired) electrons. The van der Waals surface area contributed by atoms with Gasteiger partial charge in [0.25, 0.3) is 3.68 Å². The molecule has 0 aromatic heterocycles. The molecule has 0 aliphatic heterocycles. The maximum Gasteiger partial charge on any atom is 0.353 e. The van der Waals surface area contributed by atoms with Crippen LogP contribution in [0.1, 0.15) is 85.5 Å². The number of hydrogen-bond donors (Lipinski definition) is 1. The Bertz CT molecular complexity index is 877. The van der Waals surface area contributed by atoms with Crippen LogP contribution in [0.5, 0.6) is 0 Å². The van der Waals surface area contributed by atoms with Crippen molar-refractivity contribution in [1.29, 1.82) is 0 Å². The molecule has 34 heavy (non-hydrogen) atoms. The number of halogens is 2. The number of methoxy groups -OCH3 is 1. The average molecular weight is 590 g/mol. The van der Waals surface area contributed by atoms with Crippen LogP contribution in [0, 0.1) is 34.5 Å². The van der Waals surface area contributed by atoms with Crippen LogP contribution in [0.4, 0.5) is 4.39 Å². The van der Waals surface area contributed by atoms with E-state index in [1.54, 1.807) is 22.6 Å². The van der Waals surface area contributed by atoms with Gasteiger partial charge in [-0.25, -0.2) is 9.18 Å². The molecule has 0 spiro atoms. The van der Waals surface area contributed by atoms with Crippen LogP contribution >= 0.6 is 22.6 Å². The van der Waals surface area contributed by atoms with Crippen molar-refractivity contribution in [3.8, 4) is 0 Å². The van der Waals surface area contributed by atoms with Crippen LogP contribution in [0.2, 0.25) is 0 Å². The Morgan fingerprint density at radius 3 is 2.59 bits per heavy atom. The smallest absolute Gasteiger partial charge is 0.353 e. The zero-order chi connectivity index (χ0) is 25.1. The molecule has 4 rings (SSSR count). The molecule has 3 fully saturated rings. The van der Waals surface area contributed by atoms with Gasteiger partial charge in [0.1, 0.15) is 6.10 Å². The first-order valence-electron chi connectivity index (χ1n) is 12.9. The Morgan fingerprint density at radius 1 is 1.24 bits per heavy atom. The minimum Gasteiger partial charge on any atom is -0.466 e. The highest BCUT2D eigenvalue weighted by atomic mass is 127. The highest BCUT2D eigenvalue weighted by Crippen LogP contribution is 2.68. The summed E-state index contributed by atoms with van der Waals surface area (Å²) >= 11 is 1.61. The average Bonchev–Trinajstić information content (AvgIpc) is 3.04.